The Balaban J connectivity index is 0.00000169. The summed E-state index contributed by atoms with van der Waals surface area (Å²) in [5.74, 6) is 1.83. The Morgan fingerprint density at radius 3 is 2.88 bits per heavy atom. The topological polar surface area (TPSA) is 67.2 Å². The largest absolute Gasteiger partial charge is 0.441 e. The fourth-order valence-corrected chi connectivity index (χ4v) is 3.42. The second-order valence-corrected chi connectivity index (χ2v) is 7.10. The van der Waals surface area contributed by atoms with Gasteiger partial charge in [-0.1, -0.05) is 41.1 Å². The summed E-state index contributed by atoms with van der Waals surface area (Å²) in [6.07, 6.45) is 3.60. The van der Waals surface area contributed by atoms with Crippen molar-refractivity contribution >= 4 is 46.7 Å². The molecule has 26 heavy (non-hydrogen) atoms. The van der Waals surface area contributed by atoms with Gasteiger partial charge < -0.3 is 15.1 Å². The first-order chi connectivity index (χ1) is 11.6. The van der Waals surface area contributed by atoms with Crippen molar-refractivity contribution in [3.8, 4) is 11.3 Å². The number of aryl methyl sites for hydroxylation is 1. The SMILES string of the molecule is CC1CNCCC1NC(=O)CCc1ncc(-c2ccccc2Br)o1.Cl.Cl. The van der Waals surface area contributed by atoms with Gasteiger partial charge in [-0.05, 0) is 31.5 Å². The minimum Gasteiger partial charge on any atom is -0.441 e. The van der Waals surface area contributed by atoms with Crippen molar-refractivity contribution in [2.45, 2.75) is 32.2 Å². The van der Waals surface area contributed by atoms with Crippen molar-refractivity contribution in [2.24, 2.45) is 5.92 Å². The van der Waals surface area contributed by atoms with Crippen LogP contribution >= 0.6 is 40.7 Å². The van der Waals surface area contributed by atoms with E-state index >= 15 is 0 Å². The van der Waals surface area contributed by atoms with Gasteiger partial charge in [0.25, 0.3) is 0 Å². The molecule has 3 rings (SSSR count). The van der Waals surface area contributed by atoms with Crippen molar-refractivity contribution < 1.29 is 9.21 Å². The normalized spacial score (nSPS) is 19.2. The summed E-state index contributed by atoms with van der Waals surface area (Å²) in [6.45, 7) is 4.08. The Bertz CT molecular complexity index is 711. The second-order valence-electron chi connectivity index (χ2n) is 6.24. The van der Waals surface area contributed by atoms with Crippen LogP contribution in [0.5, 0.6) is 0 Å². The highest BCUT2D eigenvalue weighted by Crippen LogP contribution is 2.28. The molecule has 2 aromatic rings. The van der Waals surface area contributed by atoms with E-state index < -0.39 is 0 Å². The molecule has 0 radical (unpaired) electrons. The van der Waals surface area contributed by atoms with Crippen molar-refractivity contribution in [1.82, 2.24) is 15.6 Å². The summed E-state index contributed by atoms with van der Waals surface area (Å²) >= 11 is 3.51. The molecule has 2 unspecified atom stereocenters. The van der Waals surface area contributed by atoms with Gasteiger partial charge in [0.1, 0.15) is 0 Å². The van der Waals surface area contributed by atoms with E-state index in [4.69, 9.17) is 4.42 Å². The number of carbonyl (C=O) groups is 1. The zero-order valence-corrected chi connectivity index (χ0v) is 17.8. The third-order valence-electron chi connectivity index (χ3n) is 4.39. The highest BCUT2D eigenvalue weighted by Gasteiger charge is 2.22. The summed E-state index contributed by atoms with van der Waals surface area (Å²) in [6, 6.07) is 8.11. The van der Waals surface area contributed by atoms with Gasteiger partial charge in [0, 0.05) is 28.9 Å². The third kappa shape index (κ3) is 5.98. The maximum atomic E-state index is 12.2. The monoisotopic (exact) mass is 463 g/mol. The molecule has 1 aromatic heterocycles. The number of halogens is 3. The number of oxazole rings is 1. The van der Waals surface area contributed by atoms with E-state index in [2.05, 4.69) is 38.5 Å². The Morgan fingerprint density at radius 2 is 2.15 bits per heavy atom. The van der Waals surface area contributed by atoms with E-state index in [1.807, 2.05) is 24.3 Å². The maximum absolute atomic E-state index is 12.2. The molecule has 1 saturated heterocycles. The van der Waals surface area contributed by atoms with Crippen LogP contribution in [0.2, 0.25) is 0 Å². The quantitative estimate of drug-likeness (QED) is 0.701. The number of hydrogen-bond acceptors (Lipinski definition) is 4. The van der Waals surface area contributed by atoms with Crippen molar-refractivity contribution in [3.63, 3.8) is 0 Å². The molecule has 144 valence electrons. The van der Waals surface area contributed by atoms with Crippen molar-refractivity contribution in [3.05, 3.63) is 40.8 Å². The molecule has 5 nitrogen and oxygen atoms in total. The smallest absolute Gasteiger partial charge is 0.220 e. The molecule has 0 aliphatic carbocycles. The summed E-state index contributed by atoms with van der Waals surface area (Å²) in [7, 11) is 0. The molecule has 2 heterocycles. The summed E-state index contributed by atoms with van der Waals surface area (Å²) in [4.78, 5) is 16.4. The average molecular weight is 465 g/mol. The van der Waals surface area contributed by atoms with Crippen LogP contribution in [0.1, 0.15) is 25.7 Å². The molecule has 1 aliphatic rings. The number of hydrogen-bond donors (Lipinski definition) is 2. The lowest BCUT2D eigenvalue weighted by Gasteiger charge is -2.30. The number of nitrogens with one attached hydrogen (secondary N) is 2. The Kier molecular flexibility index (Phi) is 9.64. The van der Waals surface area contributed by atoms with E-state index in [0.717, 1.165) is 29.5 Å². The standard InChI is InChI=1S/C18H22BrN3O2.2ClH/c1-12-10-20-9-8-15(12)22-17(23)6-7-18-21-11-16(24-18)13-4-2-3-5-14(13)19;;/h2-5,11-12,15,20H,6-10H2,1H3,(H,22,23);2*1H. The molecular weight excluding hydrogens is 441 g/mol. The fraction of sp³-hybridized carbons (Fsp3) is 0.444. The second kappa shape index (κ2) is 10.9. The first-order valence-corrected chi connectivity index (χ1v) is 9.12. The molecule has 1 fully saturated rings. The third-order valence-corrected chi connectivity index (χ3v) is 5.08. The van der Waals surface area contributed by atoms with Crippen LogP contribution in [0.15, 0.2) is 39.4 Å². The number of aromatic nitrogens is 1. The molecule has 8 heteroatoms. The molecule has 1 aliphatic heterocycles. The van der Waals surface area contributed by atoms with Crippen LogP contribution in [0.3, 0.4) is 0 Å². The predicted molar refractivity (Wildman–Crippen MR) is 111 cm³/mol. The molecular formula is C18H24BrCl2N3O2. The van der Waals surface area contributed by atoms with Crippen LogP contribution in [0, 0.1) is 5.92 Å². The van der Waals surface area contributed by atoms with Crippen LogP contribution in [-0.4, -0.2) is 30.0 Å². The summed E-state index contributed by atoms with van der Waals surface area (Å²) in [5.41, 5.74) is 0.962. The van der Waals surface area contributed by atoms with Gasteiger partial charge >= 0.3 is 0 Å². The van der Waals surface area contributed by atoms with E-state index in [1.54, 1.807) is 6.20 Å². The Hall–Kier alpha value is -1.08. The van der Waals surface area contributed by atoms with E-state index in [1.165, 1.54) is 0 Å². The number of nitrogens with zero attached hydrogens (tertiary/aromatic N) is 1. The number of benzene rings is 1. The minimum absolute atomic E-state index is 0. The molecule has 0 saturated carbocycles. The first-order valence-electron chi connectivity index (χ1n) is 8.33. The highest BCUT2D eigenvalue weighted by atomic mass is 79.9. The minimum atomic E-state index is 0. The van der Waals surface area contributed by atoms with Gasteiger partial charge in [-0.25, -0.2) is 4.98 Å². The van der Waals surface area contributed by atoms with Gasteiger partial charge in [-0.2, -0.15) is 0 Å². The van der Waals surface area contributed by atoms with Crippen LogP contribution in [0.4, 0.5) is 0 Å². The van der Waals surface area contributed by atoms with Crippen LogP contribution in [-0.2, 0) is 11.2 Å². The van der Waals surface area contributed by atoms with Crippen LogP contribution in [0.25, 0.3) is 11.3 Å². The number of carbonyl (C=O) groups excluding carboxylic acids is 1. The number of rotatable bonds is 5. The summed E-state index contributed by atoms with van der Waals surface area (Å²) < 4.78 is 6.74. The van der Waals surface area contributed by atoms with Crippen LogP contribution < -0.4 is 10.6 Å². The predicted octanol–water partition coefficient (Wildman–Crippen LogP) is 3.99. The first kappa shape index (κ1) is 23.0. The van der Waals surface area contributed by atoms with Gasteiger partial charge in [0.2, 0.25) is 5.91 Å². The lowest BCUT2D eigenvalue weighted by Crippen LogP contribution is -2.48. The molecule has 0 bridgehead atoms. The van der Waals surface area contributed by atoms with Crippen molar-refractivity contribution in [2.75, 3.05) is 13.1 Å². The highest BCUT2D eigenvalue weighted by molar-refractivity contribution is 9.10. The van der Waals surface area contributed by atoms with Gasteiger partial charge in [-0.15, -0.1) is 24.8 Å². The van der Waals surface area contributed by atoms with E-state index in [9.17, 15) is 4.79 Å². The van der Waals surface area contributed by atoms with Gasteiger partial charge in [0.05, 0.1) is 6.20 Å². The lowest BCUT2D eigenvalue weighted by molar-refractivity contribution is -0.122. The van der Waals surface area contributed by atoms with E-state index in [0.29, 0.717) is 30.4 Å². The number of amides is 1. The molecule has 0 spiro atoms. The fourth-order valence-electron chi connectivity index (χ4n) is 2.94. The zero-order chi connectivity index (χ0) is 16.9. The van der Waals surface area contributed by atoms with Gasteiger partial charge in [-0.3, -0.25) is 4.79 Å². The lowest BCUT2D eigenvalue weighted by atomic mass is 9.95. The maximum Gasteiger partial charge on any atom is 0.220 e. The molecule has 2 atom stereocenters. The molecule has 2 N–H and O–H groups in total. The average Bonchev–Trinajstić information content (AvgIpc) is 3.04. The molecule has 1 aromatic carbocycles. The summed E-state index contributed by atoms with van der Waals surface area (Å²) in [5, 5.41) is 6.47. The Morgan fingerprint density at radius 1 is 1.38 bits per heavy atom. The number of piperidine rings is 1. The van der Waals surface area contributed by atoms with E-state index in [-0.39, 0.29) is 36.8 Å². The van der Waals surface area contributed by atoms with Gasteiger partial charge in [0.15, 0.2) is 11.7 Å². The Labute approximate surface area is 174 Å². The van der Waals surface area contributed by atoms with Crippen molar-refractivity contribution in [1.29, 1.82) is 0 Å². The molecule has 1 amide bonds. The zero-order valence-electron chi connectivity index (χ0n) is 14.5.